The lowest BCUT2D eigenvalue weighted by molar-refractivity contribution is 0.0524. The van der Waals surface area contributed by atoms with E-state index in [1.54, 1.807) is 6.92 Å². The van der Waals surface area contributed by atoms with Gasteiger partial charge in [0.05, 0.1) is 17.9 Å². The van der Waals surface area contributed by atoms with Gasteiger partial charge in [-0.3, -0.25) is 4.79 Å². The van der Waals surface area contributed by atoms with Crippen LogP contribution in [0.15, 0.2) is 10.9 Å². The summed E-state index contributed by atoms with van der Waals surface area (Å²) in [5, 5.41) is 0.0833. The van der Waals surface area contributed by atoms with Crippen LogP contribution in [0.3, 0.4) is 0 Å². The number of nitrogens with one attached hydrogen (secondary N) is 1. The molecule has 4 nitrogen and oxygen atoms in total. The Morgan fingerprint density at radius 1 is 1.59 bits per heavy atom. The van der Waals surface area contributed by atoms with Gasteiger partial charge in [0.15, 0.2) is 0 Å². The van der Waals surface area contributed by atoms with Crippen molar-refractivity contribution in [1.82, 2.24) is 4.98 Å². The number of aromatic nitrogens is 1. The largest absolute Gasteiger partial charge is 0.462 e. The van der Waals surface area contributed by atoms with E-state index in [0.717, 1.165) is 6.07 Å². The van der Waals surface area contributed by atoms with Crippen LogP contribution in [-0.4, -0.2) is 17.6 Å². The Labute approximate surface area is 104 Å². The molecule has 0 atom stereocenters. The average molecular weight is 310 g/mol. The molecular weight excluding hydrogens is 300 g/mol. The Bertz CT molecular complexity index is 473. The molecule has 7 heteroatoms. The van der Waals surface area contributed by atoms with Gasteiger partial charge in [0, 0.05) is 10.9 Å². The highest BCUT2D eigenvalue weighted by Crippen LogP contribution is 2.19. The topological polar surface area (TPSA) is 59.2 Å². The lowest BCUT2D eigenvalue weighted by atomic mass is 10.1. The summed E-state index contributed by atoms with van der Waals surface area (Å²) < 4.78 is 29.7. The standard InChI is InChI=1S/C10H10BrF2NO3/c1-2-17-10(16)5-3-7(8(12)13)14-9(15)6(5)4-11/h3,8H,2,4H2,1H3,(H,14,15). The monoisotopic (exact) mass is 309 g/mol. The van der Waals surface area contributed by atoms with Crippen molar-refractivity contribution in [3.8, 4) is 0 Å². The summed E-state index contributed by atoms with van der Waals surface area (Å²) in [6.07, 6.45) is -2.85. The van der Waals surface area contributed by atoms with Crippen LogP contribution in [-0.2, 0) is 10.1 Å². The van der Waals surface area contributed by atoms with Crippen molar-refractivity contribution in [1.29, 1.82) is 0 Å². The summed E-state index contributed by atoms with van der Waals surface area (Å²) in [4.78, 5) is 25.0. The minimum atomic E-state index is -2.85. The second-order valence-corrected chi connectivity index (χ2v) is 3.66. The maximum Gasteiger partial charge on any atom is 0.338 e. The maximum absolute atomic E-state index is 12.5. The number of pyridine rings is 1. The molecule has 0 fully saturated rings. The van der Waals surface area contributed by atoms with E-state index in [9.17, 15) is 18.4 Å². The summed E-state index contributed by atoms with van der Waals surface area (Å²) in [6, 6.07) is 0.945. The molecule has 0 radical (unpaired) electrons. The van der Waals surface area contributed by atoms with E-state index in [1.807, 2.05) is 4.98 Å². The predicted octanol–water partition coefficient (Wildman–Crippen LogP) is 2.38. The zero-order chi connectivity index (χ0) is 13.0. The van der Waals surface area contributed by atoms with E-state index >= 15 is 0 Å². The van der Waals surface area contributed by atoms with Crippen LogP contribution in [0.25, 0.3) is 0 Å². The zero-order valence-corrected chi connectivity index (χ0v) is 10.5. The molecule has 0 bridgehead atoms. The molecule has 17 heavy (non-hydrogen) atoms. The number of alkyl halides is 3. The molecule has 0 amide bonds. The highest BCUT2D eigenvalue weighted by atomic mass is 79.9. The van der Waals surface area contributed by atoms with E-state index in [1.165, 1.54) is 0 Å². The summed E-state index contributed by atoms with van der Waals surface area (Å²) in [5.41, 5.74) is -1.37. The number of hydrogen-bond acceptors (Lipinski definition) is 3. The summed E-state index contributed by atoms with van der Waals surface area (Å²) in [7, 11) is 0. The number of ether oxygens (including phenoxy) is 1. The number of rotatable bonds is 4. The van der Waals surface area contributed by atoms with Crippen molar-refractivity contribution in [2.24, 2.45) is 0 Å². The first kappa shape index (κ1) is 13.8. The second kappa shape index (κ2) is 5.90. The predicted molar refractivity (Wildman–Crippen MR) is 60.6 cm³/mol. The van der Waals surface area contributed by atoms with E-state index in [2.05, 4.69) is 15.9 Å². The lowest BCUT2D eigenvalue weighted by Gasteiger charge is -2.08. The van der Waals surface area contributed by atoms with E-state index in [-0.39, 0.29) is 23.1 Å². The van der Waals surface area contributed by atoms with Crippen molar-refractivity contribution in [2.75, 3.05) is 6.61 Å². The number of carbonyl (C=O) groups is 1. The van der Waals surface area contributed by atoms with Gasteiger partial charge in [0.25, 0.3) is 12.0 Å². The third kappa shape index (κ3) is 3.12. The normalized spacial score (nSPS) is 10.6. The molecule has 1 heterocycles. The van der Waals surface area contributed by atoms with Crippen molar-refractivity contribution >= 4 is 21.9 Å². The number of hydrogen-bond donors (Lipinski definition) is 1. The molecule has 94 valence electrons. The molecule has 0 aliphatic rings. The highest BCUT2D eigenvalue weighted by molar-refractivity contribution is 9.08. The van der Waals surface area contributed by atoms with Gasteiger partial charge in [-0.1, -0.05) is 15.9 Å². The molecule has 0 aliphatic heterocycles. The Kier molecular flexibility index (Phi) is 4.80. The third-order valence-corrected chi connectivity index (χ3v) is 2.58. The Hall–Kier alpha value is -1.24. The van der Waals surface area contributed by atoms with Gasteiger partial charge in [-0.2, -0.15) is 0 Å². The molecule has 0 aromatic carbocycles. The lowest BCUT2D eigenvalue weighted by Crippen LogP contribution is -2.20. The SMILES string of the molecule is CCOC(=O)c1cc(C(F)F)[nH]c(=O)c1CBr. The van der Waals surface area contributed by atoms with Crippen LogP contribution in [0.5, 0.6) is 0 Å². The highest BCUT2D eigenvalue weighted by Gasteiger charge is 2.19. The molecule has 0 unspecified atom stereocenters. The zero-order valence-electron chi connectivity index (χ0n) is 8.93. The number of aromatic amines is 1. The number of carbonyl (C=O) groups excluding carboxylic acids is 1. The second-order valence-electron chi connectivity index (χ2n) is 3.10. The van der Waals surface area contributed by atoms with Crippen LogP contribution in [0.4, 0.5) is 8.78 Å². The Morgan fingerprint density at radius 3 is 2.71 bits per heavy atom. The van der Waals surface area contributed by atoms with Crippen LogP contribution >= 0.6 is 15.9 Å². The molecule has 0 spiro atoms. The van der Waals surface area contributed by atoms with Gasteiger partial charge in [-0.15, -0.1) is 0 Å². The summed E-state index contributed by atoms with van der Waals surface area (Å²) in [6.45, 7) is 1.70. The molecule has 1 aromatic heterocycles. The van der Waals surface area contributed by atoms with Crippen LogP contribution in [0.2, 0.25) is 0 Å². The molecule has 1 N–H and O–H groups in total. The Morgan fingerprint density at radius 2 is 2.24 bits per heavy atom. The van der Waals surface area contributed by atoms with E-state index in [4.69, 9.17) is 4.74 Å². The Balaban J connectivity index is 3.34. The van der Waals surface area contributed by atoms with Gasteiger partial charge in [-0.05, 0) is 13.0 Å². The third-order valence-electron chi connectivity index (χ3n) is 2.02. The minimum absolute atomic E-state index is 0.0767. The first-order chi connectivity index (χ1) is 8.01. The van der Waals surface area contributed by atoms with Gasteiger partial charge >= 0.3 is 5.97 Å². The molecule has 1 rings (SSSR count). The van der Waals surface area contributed by atoms with Gasteiger partial charge in [0.2, 0.25) is 0 Å². The molecule has 0 saturated heterocycles. The fraction of sp³-hybridized carbons (Fsp3) is 0.400. The van der Waals surface area contributed by atoms with Crippen molar-refractivity contribution in [3.63, 3.8) is 0 Å². The minimum Gasteiger partial charge on any atom is -0.462 e. The molecule has 0 aliphatic carbocycles. The first-order valence-corrected chi connectivity index (χ1v) is 5.90. The van der Waals surface area contributed by atoms with Gasteiger partial charge in [0.1, 0.15) is 0 Å². The van der Waals surface area contributed by atoms with Gasteiger partial charge < -0.3 is 9.72 Å². The van der Waals surface area contributed by atoms with Crippen LogP contribution in [0.1, 0.15) is 35.0 Å². The maximum atomic E-state index is 12.5. The molecule has 1 aromatic rings. The van der Waals surface area contributed by atoms with E-state index in [0.29, 0.717) is 0 Å². The van der Waals surface area contributed by atoms with Crippen molar-refractivity contribution in [2.45, 2.75) is 18.7 Å². The van der Waals surface area contributed by atoms with Crippen molar-refractivity contribution < 1.29 is 18.3 Å². The quantitative estimate of drug-likeness (QED) is 0.686. The van der Waals surface area contributed by atoms with Gasteiger partial charge in [-0.25, -0.2) is 13.6 Å². The molecule has 0 saturated carbocycles. The van der Waals surface area contributed by atoms with Crippen LogP contribution < -0.4 is 5.56 Å². The smallest absolute Gasteiger partial charge is 0.338 e. The summed E-state index contributed by atoms with van der Waals surface area (Å²) >= 11 is 3.02. The first-order valence-electron chi connectivity index (χ1n) is 4.78. The number of H-pyrrole nitrogens is 1. The van der Waals surface area contributed by atoms with E-state index < -0.39 is 23.6 Å². The van der Waals surface area contributed by atoms with Crippen LogP contribution in [0, 0.1) is 0 Å². The number of halogens is 3. The number of esters is 1. The van der Waals surface area contributed by atoms with Crippen molar-refractivity contribution in [3.05, 3.63) is 33.2 Å². The fourth-order valence-corrected chi connectivity index (χ4v) is 1.81. The molecular formula is C10H10BrF2NO3. The fourth-order valence-electron chi connectivity index (χ4n) is 1.25. The average Bonchev–Trinajstić information content (AvgIpc) is 2.28. The summed E-state index contributed by atoms with van der Waals surface area (Å²) in [5.74, 6) is -0.782.